The summed E-state index contributed by atoms with van der Waals surface area (Å²) in [4.78, 5) is 19.3. The van der Waals surface area contributed by atoms with Gasteiger partial charge in [-0.05, 0) is 39.3 Å². The van der Waals surface area contributed by atoms with Crippen LogP contribution in [-0.2, 0) is 4.79 Å². The lowest BCUT2D eigenvalue weighted by Gasteiger charge is -2.38. The Morgan fingerprint density at radius 3 is 2.55 bits per heavy atom. The van der Waals surface area contributed by atoms with Crippen molar-refractivity contribution in [2.45, 2.75) is 19.4 Å². The first-order valence-electron chi connectivity index (χ1n) is 7.90. The quantitative estimate of drug-likeness (QED) is 0.753. The van der Waals surface area contributed by atoms with Crippen LogP contribution in [0.3, 0.4) is 0 Å². The maximum Gasteiger partial charge on any atom is 0.236 e. The van der Waals surface area contributed by atoms with Gasteiger partial charge in [0, 0.05) is 44.8 Å². The molecule has 3 aliphatic heterocycles. The van der Waals surface area contributed by atoms with Crippen molar-refractivity contribution in [3.63, 3.8) is 0 Å². The van der Waals surface area contributed by atoms with Gasteiger partial charge in [-0.2, -0.15) is 0 Å². The Kier molecular flexibility index (Phi) is 3.77. The van der Waals surface area contributed by atoms with Gasteiger partial charge in [-0.15, -0.1) is 0 Å². The average Bonchev–Trinajstić information content (AvgIpc) is 2.94. The molecule has 3 heterocycles. The molecule has 2 atom stereocenters. The average molecular weight is 280 g/mol. The van der Waals surface area contributed by atoms with Gasteiger partial charge in [-0.25, -0.2) is 0 Å². The molecule has 0 aromatic rings. The van der Waals surface area contributed by atoms with Gasteiger partial charge in [-0.3, -0.25) is 9.69 Å². The van der Waals surface area contributed by atoms with E-state index in [0.717, 1.165) is 51.7 Å². The SMILES string of the molecule is CN1CCN(C(=O)CN2CC3CNCC3C2(C)C)CC1. The number of nitrogens with one attached hydrogen (secondary N) is 1. The Balaban J connectivity index is 1.59. The molecule has 2 unspecified atom stereocenters. The highest BCUT2D eigenvalue weighted by Gasteiger charge is 2.49. The van der Waals surface area contributed by atoms with Crippen molar-refractivity contribution in [1.29, 1.82) is 0 Å². The monoisotopic (exact) mass is 280 g/mol. The first-order valence-corrected chi connectivity index (χ1v) is 7.90. The van der Waals surface area contributed by atoms with Crippen LogP contribution in [-0.4, -0.2) is 85.6 Å². The van der Waals surface area contributed by atoms with Crippen molar-refractivity contribution in [2.75, 3.05) is 59.4 Å². The molecular weight excluding hydrogens is 252 g/mol. The molecule has 0 spiro atoms. The van der Waals surface area contributed by atoms with E-state index in [2.05, 4.69) is 36.0 Å². The summed E-state index contributed by atoms with van der Waals surface area (Å²) in [7, 11) is 2.12. The summed E-state index contributed by atoms with van der Waals surface area (Å²) in [5.74, 6) is 1.74. The third-order valence-corrected chi connectivity index (χ3v) is 5.70. The molecule has 1 N–H and O–H groups in total. The van der Waals surface area contributed by atoms with E-state index in [1.165, 1.54) is 0 Å². The first kappa shape index (κ1) is 14.3. The molecule has 0 radical (unpaired) electrons. The van der Waals surface area contributed by atoms with Gasteiger partial charge >= 0.3 is 0 Å². The predicted octanol–water partition coefficient (Wildman–Crippen LogP) is -0.310. The molecular formula is C15H28N4O. The number of fused-ring (bicyclic) bond motifs is 1. The molecule has 0 bridgehead atoms. The molecule has 1 amide bonds. The molecule has 114 valence electrons. The number of hydrogen-bond donors (Lipinski definition) is 1. The number of rotatable bonds is 2. The summed E-state index contributed by atoms with van der Waals surface area (Å²) < 4.78 is 0. The van der Waals surface area contributed by atoms with Crippen LogP contribution >= 0.6 is 0 Å². The van der Waals surface area contributed by atoms with Crippen molar-refractivity contribution in [1.82, 2.24) is 20.0 Å². The number of amides is 1. The minimum Gasteiger partial charge on any atom is -0.339 e. The van der Waals surface area contributed by atoms with Gasteiger partial charge in [0.25, 0.3) is 0 Å². The van der Waals surface area contributed by atoms with Crippen LogP contribution in [0.5, 0.6) is 0 Å². The predicted molar refractivity (Wildman–Crippen MR) is 79.6 cm³/mol. The second-order valence-electron chi connectivity index (χ2n) is 7.24. The second-order valence-corrected chi connectivity index (χ2v) is 7.24. The van der Waals surface area contributed by atoms with E-state index < -0.39 is 0 Å². The van der Waals surface area contributed by atoms with Crippen LogP contribution in [0.2, 0.25) is 0 Å². The van der Waals surface area contributed by atoms with Crippen LogP contribution in [0.4, 0.5) is 0 Å². The number of hydrogen-bond acceptors (Lipinski definition) is 4. The number of likely N-dealkylation sites (tertiary alicyclic amines) is 1. The molecule has 0 aliphatic carbocycles. The maximum absolute atomic E-state index is 12.5. The van der Waals surface area contributed by atoms with Crippen molar-refractivity contribution >= 4 is 5.91 Å². The maximum atomic E-state index is 12.5. The molecule has 5 nitrogen and oxygen atoms in total. The van der Waals surface area contributed by atoms with E-state index in [9.17, 15) is 4.79 Å². The van der Waals surface area contributed by atoms with E-state index in [1.807, 2.05) is 4.90 Å². The molecule has 3 saturated heterocycles. The Hall–Kier alpha value is -0.650. The van der Waals surface area contributed by atoms with Crippen molar-refractivity contribution in [3.05, 3.63) is 0 Å². The molecule has 0 aromatic carbocycles. The van der Waals surface area contributed by atoms with E-state index in [4.69, 9.17) is 0 Å². The zero-order chi connectivity index (χ0) is 14.3. The third-order valence-electron chi connectivity index (χ3n) is 5.70. The Labute approximate surface area is 122 Å². The van der Waals surface area contributed by atoms with E-state index in [0.29, 0.717) is 18.4 Å². The summed E-state index contributed by atoms with van der Waals surface area (Å²) in [6.07, 6.45) is 0. The lowest BCUT2D eigenvalue weighted by molar-refractivity contribution is -0.135. The Bertz CT molecular complexity index is 376. The lowest BCUT2D eigenvalue weighted by atomic mass is 9.85. The summed E-state index contributed by atoms with van der Waals surface area (Å²) >= 11 is 0. The van der Waals surface area contributed by atoms with E-state index in [1.54, 1.807) is 0 Å². The fourth-order valence-electron chi connectivity index (χ4n) is 4.09. The highest BCUT2D eigenvalue weighted by molar-refractivity contribution is 5.78. The number of piperazine rings is 1. The molecule has 0 saturated carbocycles. The van der Waals surface area contributed by atoms with Gasteiger partial charge in [0.05, 0.1) is 6.54 Å². The molecule has 3 rings (SSSR count). The molecule has 3 aliphatic rings. The minimum absolute atomic E-state index is 0.149. The minimum atomic E-state index is 0.149. The van der Waals surface area contributed by atoms with Crippen LogP contribution in [0.1, 0.15) is 13.8 Å². The van der Waals surface area contributed by atoms with Crippen LogP contribution in [0, 0.1) is 11.8 Å². The van der Waals surface area contributed by atoms with Crippen LogP contribution in [0.15, 0.2) is 0 Å². The first-order chi connectivity index (χ1) is 9.48. The number of carbonyl (C=O) groups excluding carboxylic acids is 1. The smallest absolute Gasteiger partial charge is 0.236 e. The lowest BCUT2D eigenvalue weighted by Crippen LogP contribution is -2.53. The van der Waals surface area contributed by atoms with Crippen LogP contribution < -0.4 is 5.32 Å². The Morgan fingerprint density at radius 1 is 1.20 bits per heavy atom. The third kappa shape index (κ3) is 2.47. The zero-order valence-corrected chi connectivity index (χ0v) is 13.1. The van der Waals surface area contributed by atoms with Gasteiger partial charge in [-0.1, -0.05) is 0 Å². The van der Waals surface area contributed by atoms with E-state index in [-0.39, 0.29) is 5.54 Å². The van der Waals surface area contributed by atoms with E-state index >= 15 is 0 Å². The zero-order valence-electron chi connectivity index (χ0n) is 13.1. The summed E-state index contributed by atoms with van der Waals surface area (Å²) in [5, 5.41) is 3.49. The second kappa shape index (κ2) is 5.28. The molecule has 20 heavy (non-hydrogen) atoms. The Morgan fingerprint density at radius 2 is 1.90 bits per heavy atom. The standard InChI is InChI=1S/C15H28N4O/c1-15(2)13-9-16-8-12(13)10-19(15)11-14(20)18-6-4-17(3)5-7-18/h12-13,16H,4-11H2,1-3H3. The van der Waals surface area contributed by atoms with Gasteiger partial charge in [0.15, 0.2) is 0 Å². The fourth-order valence-corrected chi connectivity index (χ4v) is 4.09. The number of carbonyl (C=O) groups is 1. The van der Waals surface area contributed by atoms with Gasteiger partial charge < -0.3 is 15.1 Å². The summed E-state index contributed by atoms with van der Waals surface area (Å²) in [6.45, 7) is 12.3. The van der Waals surface area contributed by atoms with Gasteiger partial charge in [0.2, 0.25) is 5.91 Å². The highest BCUT2D eigenvalue weighted by Crippen LogP contribution is 2.40. The largest absolute Gasteiger partial charge is 0.339 e. The van der Waals surface area contributed by atoms with Crippen LogP contribution in [0.25, 0.3) is 0 Å². The summed E-state index contributed by atoms with van der Waals surface area (Å²) in [6, 6.07) is 0. The van der Waals surface area contributed by atoms with Gasteiger partial charge in [0.1, 0.15) is 0 Å². The molecule has 5 heteroatoms. The number of likely N-dealkylation sites (N-methyl/N-ethyl adjacent to an activating group) is 1. The molecule has 3 fully saturated rings. The topological polar surface area (TPSA) is 38.8 Å². The van der Waals surface area contributed by atoms with Crippen molar-refractivity contribution in [3.8, 4) is 0 Å². The number of nitrogens with zero attached hydrogens (tertiary/aromatic N) is 3. The van der Waals surface area contributed by atoms with Crippen molar-refractivity contribution < 1.29 is 4.79 Å². The highest BCUT2D eigenvalue weighted by atomic mass is 16.2. The normalized spacial score (nSPS) is 34.5. The van der Waals surface area contributed by atoms with Crippen molar-refractivity contribution in [2.24, 2.45) is 11.8 Å². The fraction of sp³-hybridized carbons (Fsp3) is 0.933. The molecule has 0 aromatic heterocycles. The summed E-state index contributed by atoms with van der Waals surface area (Å²) in [5.41, 5.74) is 0.149.